The highest BCUT2D eigenvalue weighted by Gasteiger charge is 2.20. The number of nitrogens with zero attached hydrogens (tertiary/aromatic N) is 3. The molecule has 0 spiro atoms. The molecule has 116 valence electrons. The zero-order valence-corrected chi connectivity index (χ0v) is 12.0. The number of ether oxygens (including phenoxy) is 1. The van der Waals surface area contributed by atoms with E-state index in [1.807, 2.05) is 12.1 Å². The van der Waals surface area contributed by atoms with Gasteiger partial charge in [-0.2, -0.15) is 0 Å². The first-order valence-corrected chi connectivity index (χ1v) is 7.11. The Morgan fingerprint density at radius 2 is 2.24 bits per heavy atom. The van der Waals surface area contributed by atoms with Crippen molar-refractivity contribution < 1.29 is 15.1 Å². The van der Waals surface area contributed by atoms with E-state index in [0.29, 0.717) is 18.8 Å². The zero-order valence-electron chi connectivity index (χ0n) is 12.0. The topological polar surface area (TPSA) is 104 Å². The molecule has 0 bridgehead atoms. The van der Waals surface area contributed by atoms with Crippen LogP contribution in [0.25, 0.3) is 0 Å². The Morgan fingerprint density at radius 1 is 1.48 bits per heavy atom. The maximum atomic E-state index is 8.81. The Labute approximate surface area is 124 Å². The van der Waals surface area contributed by atoms with Crippen LogP contribution >= 0.6 is 0 Å². The number of rotatable bonds is 6. The number of aromatic nitrogens is 1. The summed E-state index contributed by atoms with van der Waals surface area (Å²) in [6, 6.07) is 3.79. The summed E-state index contributed by atoms with van der Waals surface area (Å²) in [7, 11) is 0. The van der Waals surface area contributed by atoms with E-state index in [-0.39, 0.29) is 18.5 Å². The summed E-state index contributed by atoms with van der Waals surface area (Å²) in [4.78, 5) is 6.47. The fourth-order valence-corrected chi connectivity index (χ4v) is 2.54. The van der Waals surface area contributed by atoms with Gasteiger partial charge in [-0.05, 0) is 24.5 Å². The third-order valence-electron chi connectivity index (χ3n) is 3.62. The Hall–Kier alpha value is -1.70. The van der Waals surface area contributed by atoms with E-state index in [1.54, 1.807) is 6.20 Å². The van der Waals surface area contributed by atoms with Crippen molar-refractivity contribution in [2.45, 2.75) is 25.5 Å². The normalized spacial score (nSPS) is 18.0. The maximum absolute atomic E-state index is 8.81. The molecule has 4 N–H and O–H groups in total. The molecule has 0 radical (unpaired) electrons. The number of hydrogen-bond donors (Lipinski definition) is 3. The number of hydrogen-bond acceptors (Lipinski definition) is 6. The van der Waals surface area contributed by atoms with Gasteiger partial charge in [0, 0.05) is 25.8 Å². The van der Waals surface area contributed by atoms with Gasteiger partial charge in [0.25, 0.3) is 0 Å². The van der Waals surface area contributed by atoms with E-state index in [0.717, 1.165) is 31.5 Å². The number of aliphatic hydroxyl groups excluding tert-OH is 1. The van der Waals surface area contributed by atoms with Crippen LogP contribution in [0, 0.1) is 0 Å². The lowest BCUT2D eigenvalue weighted by Crippen LogP contribution is -2.37. The van der Waals surface area contributed by atoms with Crippen LogP contribution in [0.2, 0.25) is 0 Å². The summed E-state index contributed by atoms with van der Waals surface area (Å²) < 4.78 is 5.55. The van der Waals surface area contributed by atoms with Crippen molar-refractivity contribution in [2.75, 3.05) is 26.3 Å². The molecular weight excluding hydrogens is 272 g/mol. The number of amidine groups is 1. The Bertz CT molecular complexity index is 473. The second-order valence-corrected chi connectivity index (χ2v) is 5.07. The van der Waals surface area contributed by atoms with Gasteiger partial charge in [-0.1, -0.05) is 11.2 Å². The Balaban J connectivity index is 1.92. The lowest BCUT2D eigenvalue weighted by Gasteiger charge is -2.32. The summed E-state index contributed by atoms with van der Waals surface area (Å²) >= 11 is 0. The fourth-order valence-electron chi connectivity index (χ4n) is 2.54. The van der Waals surface area contributed by atoms with Crippen molar-refractivity contribution in [1.82, 2.24) is 9.88 Å². The van der Waals surface area contributed by atoms with Crippen molar-refractivity contribution in [1.29, 1.82) is 0 Å². The van der Waals surface area contributed by atoms with Gasteiger partial charge in [0.05, 0.1) is 19.3 Å². The molecule has 1 aromatic heterocycles. The lowest BCUT2D eigenvalue weighted by atomic mass is 10.1. The quantitative estimate of drug-likeness (QED) is 0.298. The predicted octanol–water partition coefficient (Wildman–Crippen LogP) is 0.149. The third kappa shape index (κ3) is 4.38. The van der Waals surface area contributed by atoms with Gasteiger partial charge in [-0.25, -0.2) is 0 Å². The Kier molecular flexibility index (Phi) is 5.91. The second kappa shape index (κ2) is 7.92. The number of aliphatic hydroxyl groups is 1. The fraction of sp³-hybridized carbons (Fsp3) is 0.571. The third-order valence-corrected chi connectivity index (χ3v) is 3.62. The molecule has 1 fully saturated rings. The molecule has 0 aromatic carbocycles. The molecule has 0 atom stereocenters. The van der Waals surface area contributed by atoms with Gasteiger partial charge in [-0.3, -0.25) is 9.88 Å². The summed E-state index contributed by atoms with van der Waals surface area (Å²) in [6.07, 6.45) is 3.75. The predicted molar refractivity (Wildman–Crippen MR) is 78.1 cm³/mol. The first-order chi connectivity index (χ1) is 10.2. The highest BCUT2D eigenvalue weighted by Crippen LogP contribution is 2.17. The van der Waals surface area contributed by atoms with E-state index in [4.69, 9.17) is 20.8 Å². The summed E-state index contributed by atoms with van der Waals surface area (Å²) in [5, 5.41) is 20.6. The summed E-state index contributed by atoms with van der Waals surface area (Å²) in [6.45, 7) is 3.02. The largest absolute Gasteiger partial charge is 0.409 e. The standard InChI is InChI=1S/C14H22N4O3/c15-14(17-20)13-11(2-1-5-16-13)10-18-6-3-12(4-7-18)21-9-8-19/h1-2,5,12,19-20H,3-4,6-10H2,(H2,15,17). The molecular formula is C14H22N4O3. The van der Waals surface area contributed by atoms with E-state index in [9.17, 15) is 0 Å². The lowest BCUT2D eigenvalue weighted by molar-refractivity contribution is -0.00903. The minimum Gasteiger partial charge on any atom is -0.409 e. The van der Waals surface area contributed by atoms with Gasteiger partial charge in [0.15, 0.2) is 5.84 Å². The molecule has 7 nitrogen and oxygen atoms in total. The molecule has 1 aromatic rings. The summed E-state index contributed by atoms with van der Waals surface area (Å²) in [5.74, 6) is 0.0340. The van der Waals surface area contributed by atoms with Crippen LogP contribution < -0.4 is 5.73 Å². The van der Waals surface area contributed by atoms with Crippen LogP contribution in [0.1, 0.15) is 24.1 Å². The monoisotopic (exact) mass is 294 g/mol. The molecule has 2 heterocycles. The molecule has 0 unspecified atom stereocenters. The number of oxime groups is 1. The van der Waals surface area contributed by atoms with Crippen LogP contribution in [0.4, 0.5) is 0 Å². The van der Waals surface area contributed by atoms with Crippen LogP contribution in [-0.4, -0.2) is 58.4 Å². The SMILES string of the molecule is N/C(=N/O)c1ncccc1CN1CCC(OCCO)CC1. The van der Waals surface area contributed by atoms with Crippen LogP contribution in [0.3, 0.4) is 0 Å². The van der Waals surface area contributed by atoms with Crippen molar-refractivity contribution in [2.24, 2.45) is 10.9 Å². The number of likely N-dealkylation sites (tertiary alicyclic amines) is 1. The highest BCUT2D eigenvalue weighted by atomic mass is 16.5. The van der Waals surface area contributed by atoms with Crippen molar-refractivity contribution >= 4 is 5.84 Å². The maximum Gasteiger partial charge on any atom is 0.189 e. The minimum absolute atomic E-state index is 0.0340. The molecule has 0 saturated carbocycles. The van der Waals surface area contributed by atoms with E-state index in [1.165, 1.54) is 0 Å². The van der Waals surface area contributed by atoms with Crippen molar-refractivity contribution in [3.8, 4) is 0 Å². The van der Waals surface area contributed by atoms with E-state index >= 15 is 0 Å². The zero-order chi connectivity index (χ0) is 15.1. The molecule has 21 heavy (non-hydrogen) atoms. The van der Waals surface area contributed by atoms with E-state index < -0.39 is 0 Å². The molecule has 1 aliphatic rings. The highest BCUT2D eigenvalue weighted by molar-refractivity contribution is 5.96. The van der Waals surface area contributed by atoms with E-state index in [2.05, 4.69) is 15.0 Å². The number of pyridine rings is 1. The van der Waals surface area contributed by atoms with Gasteiger partial charge >= 0.3 is 0 Å². The van der Waals surface area contributed by atoms with Gasteiger partial charge in [0.2, 0.25) is 0 Å². The average Bonchev–Trinajstić information content (AvgIpc) is 2.54. The summed E-state index contributed by atoms with van der Waals surface area (Å²) in [5.41, 5.74) is 7.13. The first-order valence-electron chi connectivity index (χ1n) is 7.11. The molecule has 1 aliphatic heterocycles. The van der Waals surface area contributed by atoms with Gasteiger partial charge in [-0.15, -0.1) is 0 Å². The van der Waals surface area contributed by atoms with Crippen LogP contribution in [0.15, 0.2) is 23.5 Å². The average molecular weight is 294 g/mol. The molecule has 2 rings (SSSR count). The molecule has 0 amide bonds. The number of nitrogens with two attached hydrogens (primary N) is 1. The van der Waals surface area contributed by atoms with Gasteiger partial charge < -0.3 is 20.8 Å². The molecule has 7 heteroatoms. The Morgan fingerprint density at radius 3 is 2.90 bits per heavy atom. The second-order valence-electron chi connectivity index (χ2n) is 5.07. The molecule has 1 saturated heterocycles. The van der Waals surface area contributed by atoms with Crippen molar-refractivity contribution in [3.05, 3.63) is 29.6 Å². The van der Waals surface area contributed by atoms with Crippen LogP contribution in [0.5, 0.6) is 0 Å². The smallest absolute Gasteiger partial charge is 0.189 e. The van der Waals surface area contributed by atoms with Crippen LogP contribution in [-0.2, 0) is 11.3 Å². The molecule has 0 aliphatic carbocycles. The van der Waals surface area contributed by atoms with Crippen molar-refractivity contribution in [3.63, 3.8) is 0 Å². The first kappa shape index (κ1) is 15.7. The number of piperidine rings is 1. The van der Waals surface area contributed by atoms with Gasteiger partial charge in [0.1, 0.15) is 5.69 Å². The minimum atomic E-state index is 0.0340.